The van der Waals surface area contributed by atoms with Crippen LogP contribution in [0.3, 0.4) is 0 Å². The van der Waals surface area contributed by atoms with Crippen LogP contribution in [-0.2, 0) is 9.53 Å². The molecule has 0 saturated heterocycles. The first kappa shape index (κ1) is 12.7. The molecule has 0 bridgehead atoms. The van der Waals surface area contributed by atoms with Gasteiger partial charge in [0, 0.05) is 5.88 Å². The molecule has 0 aromatic rings. The van der Waals surface area contributed by atoms with Gasteiger partial charge in [-0.05, 0) is 25.7 Å². The highest BCUT2D eigenvalue weighted by atomic mass is 35.5. The lowest BCUT2D eigenvalue weighted by Crippen LogP contribution is -2.23. The Bertz CT molecular complexity index is 139. The fourth-order valence-electron chi connectivity index (χ4n) is 0.849. The summed E-state index contributed by atoms with van der Waals surface area (Å²) in [7, 11) is 0. The third-order valence-electron chi connectivity index (χ3n) is 1.58. The number of esters is 1. The zero-order chi connectivity index (χ0) is 10.1. The predicted octanol–water partition coefficient (Wildman–Crippen LogP) is 1.71. The Hall–Kier alpha value is -0.280. The van der Waals surface area contributed by atoms with Gasteiger partial charge in [0.05, 0.1) is 6.61 Å². The van der Waals surface area contributed by atoms with Crippen LogP contribution in [0.2, 0.25) is 0 Å². The normalized spacial score (nSPS) is 12.5. The van der Waals surface area contributed by atoms with Crippen molar-refractivity contribution in [1.82, 2.24) is 0 Å². The van der Waals surface area contributed by atoms with Crippen molar-refractivity contribution >= 4 is 17.6 Å². The minimum absolute atomic E-state index is 0.380. The third-order valence-corrected chi connectivity index (χ3v) is 1.85. The SMILES string of the molecule is CCCOC(=O)C(O)CCCCCl. The highest BCUT2D eigenvalue weighted by Crippen LogP contribution is 2.03. The first-order chi connectivity index (χ1) is 6.22. The number of rotatable bonds is 7. The number of carbonyl (C=O) groups is 1. The van der Waals surface area contributed by atoms with Crippen molar-refractivity contribution in [2.24, 2.45) is 0 Å². The van der Waals surface area contributed by atoms with Crippen LogP contribution in [-0.4, -0.2) is 29.7 Å². The van der Waals surface area contributed by atoms with Crippen molar-refractivity contribution in [2.45, 2.75) is 38.7 Å². The van der Waals surface area contributed by atoms with Crippen LogP contribution >= 0.6 is 11.6 Å². The Kier molecular flexibility index (Phi) is 8.14. The van der Waals surface area contributed by atoms with Gasteiger partial charge in [-0.1, -0.05) is 6.92 Å². The van der Waals surface area contributed by atoms with E-state index in [9.17, 15) is 9.90 Å². The highest BCUT2D eigenvalue weighted by molar-refractivity contribution is 6.17. The Morgan fingerprint density at radius 2 is 2.23 bits per heavy atom. The predicted molar refractivity (Wildman–Crippen MR) is 51.8 cm³/mol. The Morgan fingerprint density at radius 1 is 1.54 bits per heavy atom. The average Bonchev–Trinajstić information content (AvgIpc) is 2.14. The topological polar surface area (TPSA) is 46.5 Å². The highest BCUT2D eigenvalue weighted by Gasteiger charge is 2.15. The fourth-order valence-corrected chi connectivity index (χ4v) is 1.04. The van der Waals surface area contributed by atoms with E-state index < -0.39 is 12.1 Å². The van der Waals surface area contributed by atoms with Crippen molar-refractivity contribution < 1.29 is 14.6 Å². The molecular formula is C9H17ClO3. The number of hydrogen-bond acceptors (Lipinski definition) is 3. The van der Waals surface area contributed by atoms with Crippen LogP contribution < -0.4 is 0 Å². The summed E-state index contributed by atoms with van der Waals surface area (Å²) in [6.45, 7) is 2.29. The Labute approximate surface area is 84.0 Å². The molecule has 0 fully saturated rings. The number of aliphatic hydroxyl groups is 1. The van der Waals surface area contributed by atoms with Gasteiger partial charge < -0.3 is 9.84 Å². The number of unbranched alkanes of at least 4 members (excludes halogenated alkanes) is 1. The number of hydrogen-bond donors (Lipinski definition) is 1. The van der Waals surface area contributed by atoms with E-state index in [0.717, 1.165) is 19.3 Å². The van der Waals surface area contributed by atoms with Gasteiger partial charge in [-0.3, -0.25) is 0 Å². The van der Waals surface area contributed by atoms with E-state index in [-0.39, 0.29) is 0 Å². The summed E-state index contributed by atoms with van der Waals surface area (Å²) in [5, 5.41) is 9.25. The van der Waals surface area contributed by atoms with Crippen molar-refractivity contribution in [2.75, 3.05) is 12.5 Å². The van der Waals surface area contributed by atoms with Crippen LogP contribution in [0.4, 0.5) is 0 Å². The van der Waals surface area contributed by atoms with Crippen LogP contribution in [0, 0.1) is 0 Å². The largest absolute Gasteiger partial charge is 0.464 e. The number of carbonyl (C=O) groups excluding carboxylic acids is 1. The molecule has 0 rings (SSSR count). The van der Waals surface area contributed by atoms with E-state index in [0.29, 0.717) is 18.9 Å². The molecule has 4 heteroatoms. The van der Waals surface area contributed by atoms with Gasteiger partial charge in [0.25, 0.3) is 0 Å². The second kappa shape index (κ2) is 8.32. The molecule has 0 aromatic heterocycles. The molecule has 0 heterocycles. The van der Waals surface area contributed by atoms with Gasteiger partial charge in [-0.15, -0.1) is 11.6 Å². The van der Waals surface area contributed by atoms with E-state index >= 15 is 0 Å². The van der Waals surface area contributed by atoms with Gasteiger partial charge in [0.1, 0.15) is 0 Å². The Balaban J connectivity index is 3.45. The quantitative estimate of drug-likeness (QED) is 0.394. The molecule has 3 nitrogen and oxygen atoms in total. The molecule has 1 N–H and O–H groups in total. The van der Waals surface area contributed by atoms with Crippen LogP contribution in [0.25, 0.3) is 0 Å². The van der Waals surface area contributed by atoms with Crippen LogP contribution in [0.1, 0.15) is 32.6 Å². The number of halogens is 1. The van der Waals surface area contributed by atoms with E-state index in [1.807, 2.05) is 6.92 Å². The second-order valence-electron chi connectivity index (χ2n) is 2.87. The lowest BCUT2D eigenvalue weighted by Gasteiger charge is -2.08. The maximum atomic E-state index is 11.0. The summed E-state index contributed by atoms with van der Waals surface area (Å²) in [5.41, 5.74) is 0. The summed E-state index contributed by atoms with van der Waals surface area (Å²) in [6.07, 6.45) is 1.82. The summed E-state index contributed by atoms with van der Waals surface area (Å²) in [4.78, 5) is 11.0. The molecular weight excluding hydrogens is 192 g/mol. The second-order valence-corrected chi connectivity index (χ2v) is 3.25. The molecule has 1 unspecified atom stereocenters. The summed E-state index contributed by atoms with van der Waals surface area (Å²) in [6, 6.07) is 0. The van der Waals surface area contributed by atoms with Crippen molar-refractivity contribution in [3.63, 3.8) is 0 Å². The first-order valence-electron chi connectivity index (χ1n) is 4.63. The zero-order valence-electron chi connectivity index (χ0n) is 7.96. The van der Waals surface area contributed by atoms with Gasteiger partial charge in [-0.25, -0.2) is 4.79 Å². The molecule has 0 amide bonds. The molecule has 0 aromatic carbocycles. The van der Waals surface area contributed by atoms with E-state index in [1.54, 1.807) is 0 Å². The maximum absolute atomic E-state index is 11.0. The molecule has 0 aliphatic carbocycles. The average molecular weight is 209 g/mol. The molecule has 13 heavy (non-hydrogen) atoms. The zero-order valence-corrected chi connectivity index (χ0v) is 8.72. The summed E-state index contributed by atoms with van der Waals surface area (Å²) in [5.74, 6) is 0.0490. The first-order valence-corrected chi connectivity index (χ1v) is 5.16. The minimum atomic E-state index is -0.977. The van der Waals surface area contributed by atoms with E-state index in [2.05, 4.69) is 0 Å². The van der Waals surface area contributed by atoms with E-state index in [1.165, 1.54) is 0 Å². The van der Waals surface area contributed by atoms with Crippen molar-refractivity contribution in [3.8, 4) is 0 Å². The fraction of sp³-hybridized carbons (Fsp3) is 0.889. The molecule has 0 radical (unpaired) electrons. The summed E-state index contributed by atoms with van der Waals surface area (Å²) < 4.78 is 4.76. The lowest BCUT2D eigenvalue weighted by atomic mass is 10.2. The van der Waals surface area contributed by atoms with Gasteiger partial charge in [0.15, 0.2) is 6.10 Å². The summed E-state index contributed by atoms with van der Waals surface area (Å²) >= 11 is 5.45. The molecule has 78 valence electrons. The van der Waals surface area contributed by atoms with E-state index in [4.69, 9.17) is 16.3 Å². The number of ether oxygens (including phenoxy) is 1. The third kappa shape index (κ3) is 6.84. The van der Waals surface area contributed by atoms with Crippen molar-refractivity contribution in [3.05, 3.63) is 0 Å². The Morgan fingerprint density at radius 3 is 2.77 bits per heavy atom. The van der Waals surface area contributed by atoms with Gasteiger partial charge in [0.2, 0.25) is 0 Å². The number of alkyl halides is 1. The van der Waals surface area contributed by atoms with Gasteiger partial charge >= 0.3 is 5.97 Å². The molecule has 0 aliphatic rings. The molecule has 0 saturated carbocycles. The molecule has 0 aliphatic heterocycles. The van der Waals surface area contributed by atoms with Crippen LogP contribution in [0.5, 0.6) is 0 Å². The number of aliphatic hydroxyl groups excluding tert-OH is 1. The molecule has 1 atom stereocenters. The van der Waals surface area contributed by atoms with Crippen molar-refractivity contribution in [1.29, 1.82) is 0 Å². The smallest absolute Gasteiger partial charge is 0.334 e. The molecule has 0 spiro atoms. The standard InChI is InChI=1S/C9H17ClO3/c1-2-7-13-9(12)8(11)5-3-4-6-10/h8,11H,2-7H2,1H3. The minimum Gasteiger partial charge on any atom is -0.464 e. The maximum Gasteiger partial charge on any atom is 0.334 e. The van der Waals surface area contributed by atoms with Crippen LogP contribution in [0.15, 0.2) is 0 Å². The van der Waals surface area contributed by atoms with Gasteiger partial charge in [-0.2, -0.15) is 0 Å². The monoisotopic (exact) mass is 208 g/mol. The lowest BCUT2D eigenvalue weighted by molar-refractivity contribution is -0.153.